The van der Waals surface area contributed by atoms with Gasteiger partial charge in [-0.3, -0.25) is 0 Å². The van der Waals surface area contributed by atoms with Crippen LogP contribution in [0.25, 0.3) is 0 Å². The van der Waals surface area contributed by atoms with Crippen molar-refractivity contribution < 1.29 is 8.42 Å². The van der Waals surface area contributed by atoms with Gasteiger partial charge in [0.1, 0.15) is 5.01 Å². The van der Waals surface area contributed by atoms with E-state index in [2.05, 4.69) is 20.8 Å². The molecule has 1 fully saturated rings. The van der Waals surface area contributed by atoms with E-state index in [1.807, 2.05) is 20.8 Å². The van der Waals surface area contributed by atoms with Crippen molar-refractivity contribution in [3.8, 4) is 0 Å². The van der Waals surface area contributed by atoms with Gasteiger partial charge in [0.15, 0.2) is 14.9 Å². The predicted molar refractivity (Wildman–Crippen MR) is 85.0 cm³/mol. The van der Waals surface area contributed by atoms with E-state index in [0.717, 1.165) is 5.01 Å². The first-order chi connectivity index (χ1) is 9.19. The number of nitrogens with zero attached hydrogens (tertiary/aromatic N) is 2. The number of aromatic nitrogens is 2. The van der Waals surface area contributed by atoms with E-state index in [-0.39, 0.29) is 11.5 Å². The highest BCUT2D eigenvalue weighted by Crippen LogP contribution is 2.24. The van der Waals surface area contributed by atoms with Gasteiger partial charge in [-0.1, -0.05) is 25.2 Å². The molecule has 2 rings (SSSR count). The van der Waals surface area contributed by atoms with Crippen LogP contribution in [0.3, 0.4) is 0 Å². The Kier molecular flexibility index (Phi) is 4.31. The first-order valence-electron chi connectivity index (χ1n) is 6.32. The Balaban J connectivity index is 1.95. The highest BCUT2D eigenvalue weighted by Gasteiger charge is 2.38. The molecule has 0 aliphatic carbocycles. The molecule has 0 aromatic carbocycles. The van der Waals surface area contributed by atoms with E-state index >= 15 is 0 Å². The van der Waals surface area contributed by atoms with Crippen molar-refractivity contribution in [2.75, 3.05) is 16.8 Å². The average molecular weight is 334 g/mol. The molecule has 0 amide bonds. The molecule has 0 saturated carbocycles. The fourth-order valence-electron chi connectivity index (χ4n) is 2.03. The second-order valence-electron chi connectivity index (χ2n) is 5.58. The third kappa shape index (κ3) is 3.86. The summed E-state index contributed by atoms with van der Waals surface area (Å²) in [6.07, 6.45) is 0.560. The zero-order chi connectivity index (χ0) is 15.0. The summed E-state index contributed by atoms with van der Waals surface area (Å²) in [4.78, 5) is 0. The number of sulfone groups is 1. The van der Waals surface area contributed by atoms with E-state index in [1.54, 1.807) is 0 Å². The number of rotatable bonds is 3. The van der Waals surface area contributed by atoms with Gasteiger partial charge in [-0.2, -0.15) is 0 Å². The summed E-state index contributed by atoms with van der Waals surface area (Å²) in [7, 11) is -2.95. The fourth-order valence-corrected chi connectivity index (χ4v) is 5.28. The molecular formula is C11H18N4O2S3. The summed E-state index contributed by atoms with van der Waals surface area (Å²) in [6, 6.07) is 0. The van der Waals surface area contributed by atoms with Crippen LogP contribution in [0.15, 0.2) is 0 Å². The summed E-state index contributed by atoms with van der Waals surface area (Å²) in [5, 5.41) is 16.1. The van der Waals surface area contributed by atoms with Crippen LogP contribution < -0.4 is 10.6 Å². The van der Waals surface area contributed by atoms with Gasteiger partial charge in [0.2, 0.25) is 5.13 Å². The number of hydrogen-bond acceptors (Lipinski definition) is 6. The molecule has 0 unspecified atom stereocenters. The normalized spacial score (nSPS) is 24.8. The van der Waals surface area contributed by atoms with Crippen LogP contribution in [0, 0.1) is 0 Å². The summed E-state index contributed by atoms with van der Waals surface area (Å²) in [5.74, 6) is 0.631. The Hall–Kier alpha value is -0.800. The maximum atomic E-state index is 11.5. The first kappa shape index (κ1) is 15.6. The van der Waals surface area contributed by atoms with Crippen molar-refractivity contribution in [2.45, 2.75) is 38.6 Å². The Morgan fingerprint density at radius 3 is 2.65 bits per heavy atom. The molecule has 20 heavy (non-hydrogen) atoms. The largest absolute Gasteiger partial charge is 0.356 e. The first-order valence-corrected chi connectivity index (χ1v) is 9.37. The van der Waals surface area contributed by atoms with E-state index in [9.17, 15) is 8.42 Å². The van der Waals surface area contributed by atoms with Crippen LogP contribution in [0.4, 0.5) is 5.13 Å². The highest BCUT2D eigenvalue weighted by atomic mass is 32.2. The lowest BCUT2D eigenvalue weighted by atomic mass is 10.0. The van der Waals surface area contributed by atoms with Gasteiger partial charge < -0.3 is 10.6 Å². The number of nitrogens with one attached hydrogen (secondary N) is 2. The maximum absolute atomic E-state index is 11.5. The lowest BCUT2D eigenvalue weighted by molar-refractivity contribution is 0.474. The minimum Gasteiger partial charge on any atom is -0.356 e. The van der Waals surface area contributed by atoms with Crippen LogP contribution in [0.5, 0.6) is 0 Å². The second kappa shape index (κ2) is 5.53. The highest BCUT2D eigenvalue weighted by molar-refractivity contribution is 7.91. The second-order valence-corrected chi connectivity index (χ2v) is 9.18. The van der Waals surface area contributed by atoms with Gasteiger partial charge >= 0.3 is 0 Å². The molecule has 1 aliphatic rings. The molecule has 1 saturated heterocycles. The van der Waals surface area contributed by atoms with Crippen LogP contribution in [0.1, 0.15) is 38.1 Å². The summed E-state index contributed by atoms with van der Waals surface area (Å²) >= 11 is 6.66. The molecule has 112 valence electrons. The van der Waals surface area contributed by atoms with Gasteiger partial charge in [-0.05, 0) is 25.6 Å². The molecular weight excluding hydrogens is 316 g/mol. The summed E-state index contributed by atoms with van der Waals surface area (Å²) < 4.78 is 23.1. The molecule has 1 aliphatic heterocycles. The molecule has 1 aromatic heterocycles. The standard InChI is InChI=1S/C11H18N4O2S3/c1-7(2)8-14-15-10(19-8)12-9(18)13-11(3)4-5-20(16,17)6-11/h7H,4-6H2,1-3H3,(H2,12,13,15,18)/t11-/m1/s1. The summed E-state index contributed by atoms with van der Waals surface area (Å²) in [6.45, 7) is 5.96. The Morgan fingerprint density at radius 2 is 2.15 bits per heavy atom. The van der Waals surface area contributed by atoms with Crippen molar-refractivity contribution in [3.05, 3.63) is 5.01 Å². The van der Waals surface area contributed by atoms with Crippen molar-refractivity contribution in [3.63, 3.8) is 0 Å². The Labute approximate surface area is 128 Å². The zero-order valence-corrected chi connectivity index (χ0v) is 14.1. The molecule has 2 N–H and O–H groups in total. The van der Waals surface area contributed by atoms with Crippen molar-refractivity contribution >= 4 is 43.6 Å². The molecule has 1 atom stereocenters. The van der Waals surface area contributed by atoms with E-state index in [1.165, 1.54) is 11.3 Å². The van der Waals surface area contributed by atoms with E-state index in [4.69, 9.17) is 12.2 Å². The van der Waals surface area contributed by atoms with Gasteiger partial charge in [0, 0.05) is 5.92 Å². The number of anilines is 1. The Bertz CT molecular complexity index is 611. The number of hydrogen-bond donors (Lipinski definition) is 2. The predicted octanol–water partition coefficient (Wildman–Crippen LogP) is 1.53. The molecule has 1 aromatic rings. The van der Waals surface area contributed by atoms with E-state index < -0.39 is 15.4 Å². The smallest absolute Gasteiger partial charge is 0.211 e. The fraction of sp³-hybridized carbons (Fsp3) is 0.727. The number of thiocarbonyl (C=S) groups is 1. The maximum Gasteiger partial charge on any atom is 0.211 e. The zero-order valence-electron chi connectivity index (χ0n) is 11.6. The Morgan fingerprint density at radius 1 is 1.45 bits per heavy atom. The summed E-state index contributed by atoms with van der Waals surface area (Å²) in [5.41, 5.74) is -0.505. The third-order valence-corrected chi connectivity index (χ3v) is 6.32. The molecule has 9 heteroatoms. The molecule has 0 bridgehead atoms. The topological polar surface area (TPSA) is 84.0 Å². The molecule has 6 nitrogen and oxygen atoms in total. The van der Waals surface area contributed by atoms with Gasteiger partial charge in [-0.25, -0.2) is 8.42 Å². The minimum absolute atomic E-state index is 0.106. The van der Waals surface area contributed by atoms with Gasteiger partial charge in [0.25, 0.3) is 0 Å². The minimum atomic E-state index is -2.95. The lowest BCUT2D eigenvalue weighted by Crippen LogP contribution is -2.48. The average Bonchev–Trinajstić information content (AvgIpc) is 2.83. The van der Waals surface area contributed by atoms with Crippen molar-refractivity contribution in [1.29, 1.82) is 0 Å². The van der Waals surface area contributed by atoms with Gasteiger partial charge in [-0.15, -0.1) is 10.2 Å². The third-order valence-electron chi connectivity index (χ3n) is 3.07. The molecule has 0 spiro atoms. The molecule has 0 radical (unpaired) electrons. The van der Waals surface area contributed by atoms with Gasteiger partial charge in [0.05, 0.1) is 17.0 Å². The molecule has 2 heterocycles. The van der Waals surface area contributed by atoms with E-state index in [0.29, 0.717) is 22.6 Å². The van der Waals surface area contributed by atoms with Crippen LogP contribution in [-0.4, -0.2) is 40.8 Å². The monoisotopic (exact) mass is 334 g/mol. The van der Waals surface area contributed by atoms with Crippen LogP contribution in [-0.2, 0) is 9.84 Å². The van der Waals surface area contributed by atoms with Crippen molar-refractivity contribution in [2.24, 2.45) is 0 Å². The van der Waals surface area contributed by atoms with Crippen molar-refractivity contribution in [1.82, 2.24) is 15.5 Å². The van der Waals surface area contributed by atoms with Crippen LogP contribution in [0.2, 0.25) is 0 Å². The lowest BCUT2D eigenvalue weighted by Gasteiger charge is -2.25. The SMILES string of the molecule is CC(C)c1nnc(NC(=S)N[C@]2(C)CCS(=O)(=O)C2)s1. The van der Waals surface area contributed by atoms with Crippen LogP contribution >= 0.6 is 23.6 Å². The quantitative estimate of drug-likeness (QED) is 0.811.